The van der Waals surface area contributed by atoms with Crippen LogP contribution in [-0.2, 0) is 26.0 Å². The zero-order chi connectivity index (χ0) is 23.4. The first kappa shape index (κ1) is 23.9. The second kappa shape index (κ2) is 10.4. The largest absolute Gasteiger partial charge is 0.379 e. The number of halogens is 1. The Bertz CT molecular complexity index is 1080. The van der Waals surface area contributed by atoms with Gasteiger partial charge in [-0.3, -0.25) is 4.79 Å². The Kier molecular flexibility index (Phi) is 7.53. The highest BCUT2D eigenvalue weighted by atomic mass is 35.5. The Labute approximate surface area is 200 Å². The van der Waals surface area contributed by atoms with Crippen LogP contribution in [0.15, 0.2) is 41.4 Å². The summed E-state index contributed by atoms with van der Waals surface area (Å²) in [5.41, 5.74) is 2.09. The van der Waals surface area contributed by atoms with Crippen molar-refractivity contribution in [2.24, 2.45) is 0 Å². The number of anilines is 1. The van der Waals surface area contributed by atoms with E-state index in [2.05, 4.69) is 9.88 Å². The van der Waals surface area contributed by atoms with Crippen molar-refractivity contribution in [2.75, 3.05) is 57.4 Å². The van der Waals surface area contributed by atoms with Gasteiger partial charge in [0.15, 0.2) is 0 Å². The van der Waals surface area contributed by atoms with Gasteiger partial charge in [0.1, 0.15) is 10.7 Å². The molecule has 10 heteroatoms. The number of sulfonamides is 1. The maximum atomic E-state index is 12.8. The lowest BCUT2D eigenvalue weighted by Gasteiger charge is -2.35. The summed E-state index contributed by atoms with van der Waals surface area (Å²) in [5.74, 6) is 0.851. The number of aryl methyl sites for hydroxylation is 2. The molecule has 2 aromatic rings. The number of carbonyl (C=O) groups is 1. The second-order valence-corrected chi connectivity index (χ2v) is 10.7. The van der Waals surface area contributed by atoms with Crippen LogP contribution in [0.3, 0.4) is 0 Å². The van der Waals surface area contributed by atoms with E-state index in [1.165, 1.54) is 10.5 Å². The molecule has 0 unspecified atom stereocenters. The fourth-order valence-corrected chi connectivity index (χ4v) is 5.59. The summed E-state index contributed by atoms with van der Waals surface area (Å²) in [6.45, 7) is 6.04. The molecule has 2 aliphatic rings. The number of nitrogens with zero attached hydrogens (tertiary/aromatic N) is 4. The molecule has 0 N–H and O–H groups in total. The van der Waals surface area contributed by atoms with Gasteiger partial charge in [-0.05, 0) is 42.7 Å². The lowest BCUT2D eigenvalue weighted by atomic mass is 10.1. The highest BCUT2D eigenvalue weighted by Gasteiger charge is 2.27. The van der Waals surface area contributed by atoms with Gasteiger partial charge in [-0.15, -0.1) is 0 Å². The van der Waals surface area contributed by atoms with Crippen molar-refractivity contribution >= 4 is 33.3 Å². The van der Waals surface area contributed by atoms with Crippen LogP contribution in [0.25, 0.3) is 0 Å². The van der Waals surface area contributed by atoms with Crippen molar-refractivity contribution in [3.63, 3.8) is 0 Å². The van der Waals surface area contributed by atoms with Crippen LogP contribution in [0.2, 0.25) is 5.02 Å². The summed E-state index contributed by atoms with van der Waals surface area (Å²) in [7, 11) is -3.55. The number of hydrogen-bond acceptors (Lipinski definition) is 6. The van der Waals surface area contributed by atoms with Crippen LogP contribution in [0.5, 0.6) is 0 Å². The Morgan fingerprint density at radius 2 is 1.79 bits per heavy atom. The summed E-state index contributed by atoms with van der Waals surface area (Å²) >= 11 is 6.18. The molecule has 0 atom stereocenters. The van der Waals surface area contributed by atoms with Gasteiger partial charge in [0.05, 0.1) is 13.2 Å². The smallest absolute Gasteiger partial charge is 0.244 e. The second-order valence-electron chi connectivity index (χ2n) is 8.32. The SMILES string of the molecule is Cc1ccc(CCC(=O)N2CCN(c3ccc(S(=O)(=O)N4CCOCC4)cn3)CC2)cc1Cl. The summed E-state index contributed by atoms with van der Waals surface area (Å²) in [6.07, 6.45) is 2.54. The third-order valence-corrected chi connectivity index (χ3v) is 8.44. The van der Waals surface area contributed by atoms with Crippen LogP contribution in [0.1, 0.15) is 17.5 Å². The molecular weight excluding hydrogens is 464 g/mol. The molecule has 33 heavy (non-hydrogen) atoms. The number of morpholine rings is 1. The van der Waals surface area contributed by atoms with Gasteiger partial charge in [0, 0.05) is 56.9 Å². The Morgan fingerprint density at radius 1 is 1.06 bits per heavy atom. The lowest BCUT2D eigenvalue weighted by Crippen LogP contribution is -2.49. The number of rotatable bonds is 6. The molecule has 178 valence electrons. The third kappa shape index (κ3) is 5.66. The average Bonchev–Trinajstić information content (AvgIpc) is 2.85. The topological polar surface area (TPSA) is 83.1 Å². The summed E-state index contributed by atoms with van der Waals surface area (Å²) in [4.78, 5) is 21.2. The van der Waals surface area contributed by atoms with Gasteiger partial charge in [-0.25, -0.2) is 13.4 Å². The maximum absolute atomic E-state index is 12.8. The van der Waals surface area contributed by atoms with Crippen LogP contribution >= 0.6 is 11.6 Å². The van der Waals surface area contributed by atoms with Gasteiger partial charge in [0.2, 0.25) is 15.9 Å². The van der Waals surface area contributed by atoms with Gasteiger partial charge >= 0.3 is 0 Å². The van der Waals surface area contributed by atoms with Crippen molar-refractivity contribution in [3.8, 4) is 0 Å². The Morgan fingerprint density at radius 3 is 2.42 bits per heavy atom. The van der Waals surface area contributed by atoms with Crippen LogP contribution in [0, 0.1) is 6.92 Å². The molecular formula is C23H29ClN4O4S. The molecule has 2 aliphatic heterocycles. The monoisotopic (exact) mass is 492 g/mol. The zero-order valence-electron chi connectivity index (χ0n) is 18.7. The van der Waals surface area contributed by atoms with Gasteiger partial charge in [0.25, 0.3) is 0 Å². The molecule has 0 aliphatic carbocycles. The summed E-state index contributed by atoms with van der Waals surface area (Å²) < 4.78 is 32.2. The van der Waals surface area contributed by atoms with Gasteiger partial charge in [-0.1, -0.05) is 23.7 Å². The number of piperazine rings is 1. The van der Waals surface area contributed by atoms with Crippen molar-refractivity contribution < 1.29 is 17.9 Å². The van der Waals surface area contributed by atoms with Crippen LogP contribution in [0.4, 0.5) is 5.82 Å². The third-order valence-electron chi connectivity index (χ3n) is 6.15. The van der Waals surface area contributed by atoms with E-state index in [-0.39, 0.29) is 10.8 Å². The van der Waals surface area contributed by atoms with E-state index >= 15 is 0 Å². The molecule has 0 spiro atoms. The fourth-order valence-electron chi connectivity index (χ4n) is 4.03. The Balaban J connectivity index is 1.29. The van der Waals surface area contributed by atoms with E-state index in [4.69, 9.17) is 16.3 Å². The molecule has 0 radical (unpaired) electrons. The van der Waals surface area contributed by atoms with Crippen molar-refractivity contribution in [1.82, 2.24) is 14.2 Å². The van der Waals surface area contributed by atoms with Crippen molar-refractivity contribution in [3.05, 3.63) is 52.7 Å². The van der Waals surface area contributed by atoms with E-state index in [0.717, 1.165) is 22.0 Å². The summed E-state index contributed by atoms with van der Waals surface area (Å²) in [6, 6.07) is 9.27. The molecule has 8 nitrogen and oxygen atoms in total. The first-order valence-electron chi connectivity index (χ1n) is 11.2. The highest BCUT2D eigenvalue weighted by Crippen LogP contribution is 2.21. The van der Waals surface area contributed by atoms with E-state index in [9.17, 15) is 13.2 Å². The predicted octanol–water partition coefficient (Wildman–Crippen LogP) is 2.35. The normalized spacial score (nSPS) is 17.9. The molecule has 4 rings (SSSR count). The molecule has 0 bridgehead atoms. The fraction of sp³-hybridized carbons (Fsp3) is 0.478. The molecule has 2 fully saturated rings. The number of ether oxygens (including phenoxy) is 1. The number of hydrogen-bond donors (Lipinski definition) is 0. The first-order chi connectivity index (χ1) is 15.8. The predicted molar refractivity (Wildman–Crippen MR) is 127 cm³/mol. The van der Waals surface area contributed by atoms with Crippen LogP contribution < -0.4 is 4.90 Å². The molecule has 2 saturated heterocycles. The minimum absolute atomic E-state index is 0.131. The van der Waals surface area contributed by atoms with Crippen molar-refractivity contribution in [1.29, 1.82) is 0 Å². The molecule has 0 saturated carbocycles. The molecule has 1 aromatic carbocycles. The van der Waals surface area contributed by atoms with Gasteiger partial charge in [-0.2, -0.15) is 4.31 Å². The van der Waals surface area contributed by atoms with Crippen LogP contribution in [-0.4, -0.2) is 81.0 Å². The van der Waals surface area contributed by atoms with E-state index in [1.54, 1.807) is 12.1 Å². The zero-order valence-corrected chi connectivity index (χ0v) is 20.3. The number of pyridine rings is 1. The van der Waals surface area contributed by atoms with E-state index in [0.29, 0.717) is 65.3 Å². The maximum Gasteiger partial charge on any atom is 0.244 e. The molecule has 1 amide bonds. The highest BCUT2D eigenvalue weighted by molar-refractivity contribution is 7.89. The quantitative estimate of drug-likeness (QED) is 0.615. The lowest BCUT2D eigenvalue weighted by molar-refractivity contribution is -0.131. The summed E-state index contributed by atoms with van der Waals surface area (Å²) in [5, 5.41) is 0.727. The first-order valence-corrected chi connectivity index (χ1v) is 13.0. The number of aromatic nitrogens is 1. The van der Waals surface area contributed by atoms with E-state index in [1.807, 2.05) is 30.0 Å². The number of amides is 1. The van der Waals surface area contributed by atoms with Gasteiger partial charge < -0.3 is 14.5 Å². The van der Waals surface area contributed by atoms with Crippen molar-refractivity contribution in [2.45, 2.75) is 24.7 Å². The minimum atomic E-state index is -3.55. The van der Waals surface area contributed by atoms with E-state index < -0.39 is 10.0 Å². The standard InChI is InChI=1S/C23H29ClN4O4S/c1-18-2-3-19(16-21(18)24)4-7-23(29)27-10-8-26(9-11-27)22-6-5-20(17-25-22)33(30,31)28-12-14-32-15-13-28/h2-3,5-6,16-17H,4,7-15H2,1H3. The number of benzene rings is 1. The Hall–Kier alpha value is -2.20. The minimum Gasteiger partial charge on any atom is -0.379 e. The molecule has 3 heterocycles. The average molecular weight is 493 g/mol. The molecule has 1 aromatic heterocycles. The number of carbonyl (C=O) groups excluding carboxylic acids is 1.